The van der Waals surface area contributed by atoms with E-state index in [1.807, 2.05) is 6.07 Å². The molecule has 1 aliphatic heterocycles. The number of ether oxygens (including phenoxy) is 2. The lowest BCUT2D eigenvalue weighted by Gasteiger charge is -2.32. The van der Waals surface area contributed by atoms with Crippen molar-refractivity contribution in [2.45, 2.75) is 25.8 Å². The molecule has 0 radical (unpaired) electrons. The van der Waals surface area contributed by atoms with Crippen molar-refractivity contribution >= 4 is 0 Å². The molecule has 1 saturated heterocycles. The summed E-state index contributed by atoms with van der Waals surface area (Å²) < 4.78 is 11.0. The van der Waals surface area contributed by atoms with Gasteiger partial charge in [-0.1, -0.05) is 18.2 Å². The molecule has 1 fully saturated rings. The van der Waals surface area contributed by atoms with Gasteiger partial charge in [-0.05, 0) is 31.4 Å². The minimum Gasteiger partial charge on any atom is -0.493 e. The van der Waals surface area contributed by atoms with E-state index in [2.05, 4.69) is 24.3 Å². The van der Waals surface area contributed by atoms with Crippen molar-refractivity contribution < 1.29 is 19.3 Å². The predicted molar refractivity (Wildman–Crippen MR) is 96.0 cm³/mol. The highest BCUT2D eigenvalue weighted by molar-refractivity contribution is 5.46. The lowest BCUT2D eigenvalue weighted by molar-refractivity contribution is -1.02. The van der Waals surface area contributed by atoms with E-state index in [-0.39, 0.29) is 0 Å². The summed E-state index contributed by atoms with van der Waals surface area (Å²) in [6, 6.07) is 6.20. The average molecular weight is 332 g/mol. The Kier molecular flexibility index (Phi) is 6.16. The van der Waals surface area contributed by atoms with E-state index in [9.17, 15) is 0 Å². The van der Waals surface area contributed by atoms with Crippen molar-refractivity contribution in [2.75, 3.05) is 46.9 Å². The number of hydrogen-bond donors (Lipinski definition) is 2. The Labute approximate surface area is 146 Å². The van der Waals surface area contributed by atoms with Crippen LogP contribution >= 0.6 is 0 Å². The molecule has 24 heavy (non-hydrogen) atoms. The third kappa shape index (κ3) is 4.31. The van der Waals surface area contributed by atoms with E-state index in [1.165, 1.54) is 57.5 Å². The Balaban J connectivity index is 1.51. The molecule has 0 amide bonds. The molecule has 0 bridgehead atoms. The van der Waals surface area contributed by atoms with E-state index in [0.717, 1.165) is 24.0 Å². The molecule has 4 heteroatoms. The van der Waals surface area contributed by atoms with E-state index >= 15 is 0 Å². The highest BCUT2D eigenvalue weighted by atomic mass is 16.5. The number of piperazine rings is 1. The second kappa shape index (κ2) is 8.54. The Hall–Kier alpha value is -1.52. The summed E-state index contributed by atoms with van der Waals surface area (Å²) >= 11 is 0. The largest absolute Gasteiger partial charge is 0.493 e. The molecule has 0 unspecified atom stereocenters. The number of benzene rings is 1. The number of allylic oxidation sites excluding steroid dienone is 2. The molecule has 0 spiro atoms. The highest BCUT2D eigenvalue weighted by Gasteiger charge is 2.26. The molecule has 0 aromatic heterocycles. The van der Waals surface area contributed by atoms with Crippen molar-refractivity contribution in [1.82, 2.24) is 0 Å². The predicted octanol–water partition coefficient (Wildman–Crippen LogP) is 0.344. The van der Waals surface area contributed by atoms with Gasteiger partial charge in [-0.2, -0.15) is 0 Å². The second-order valence-corrected chi connectivity index (χ2v) is 7.18. The zero-order chi connectivity index (χ0) is 16.8. The van der Waals surface area contributed by atoms with Gasteiger partial charge in [0.2, 0.25) is 0 Å². The van der Waals surface area contributed by atoms with Gasteiger partial charge in [-0.3, -0.25) is 0 Å². The maximum Gasteiger partial charge on any atom is 0.169 e. The molecule has 1 aromatic rings. The lowest BCUT2D eigenvalue weighted by atomic mass is 9.94. The first-order valence-electron chi connectivity index (χ1n) is 9.32. The Morgan fingerprint density at radius 3 is 2.46 bits per heavy atom. The zero-order valence-electron chi connectivity index (χ0n) is 15.1. The fraction of sp³-hybridized carbons (Fsp3) is 0.600. The van der Waals surface area contributed by atoms with Gasteiger partial charge in [-0.25, -0.2) is 0 Å². The first-order valence-corrected chi connectivity index (χ1v) is 9.32. The third-order valence-electron chi connectivity index (χ3n) is 5.54. The van der Waals surface area contributed by atoms with Crippen LogP contribution in [-0.2, 0) is 6.54 Å². The highest BCUT2D eigenvalue weighted by Crippen LogP contribution is 2.30. The summed E-state index contributed by atoms with van der Waals surface area (Å²) in [4.78, 5) is 3.46. The van der Waals surface area contributed by atoms with Crippen LogP contribution in [-0.4, -0.2) is 46.9 Å². The van der Waals surface area contributed by atoms with Crippen LogP contribution in [0.5, 0.6) is 11.5 Å². The van der Waals surface area contributed by atoms with E-state index < -0.39 is 0 Å². The zero-order valence-corrected chi connectivity index (χ0v) is 15.1. The minimum atomic E-state index is 0.837. The molecule has 2 aliphatic rings. The van der Waals surface area contributed by atoms with E-state index in [0.29, 0.717) is 0 Å². The maximum atomic E-state index is 5.58. The van der Waals surface area contributed by atoms with Gasteiger partial charge in [0.15, 0.2) is 11.5 Å². The first kappa shape index (κ1) is 17.3. The van der Waals surface area contributed by atoms with Crippen LogP contribution in [0.1, 0.15) is 24.8 Å². The van der Waals surface area contributed by atoms with Gasteiger partial charge < -0.3 is 19.3 Å². The molecule has 132 valence electrons. The number of hydrogen-bond acceptors (Lipinski definition) is 2. The summed E-state index contributed by atoms with van der Waals surface area (Å²) in [5.74, 6) is 2.64. The SMILES string of the molecule is COc1cccc(C[NH+]2CC[NH+](C[C@@H]3CC=CCC3)CC2)c1OC. The fourth-order valence-corrected chi connectivity index (χ4v) is 4.15. The van der Waals surface area contributed by atoms with Gasteiger partial charge in [-0.15, -0.1) is 0 Å². The molecule has 1 atom stereocenters. The second-order valence-electron chi connectivity index (χ2n) is 7.18. The molecule has 4 nitrogen and oxygen atoms in total. The van der Waals surface area contributed by atoms with Gasteiger partial charge >= 0.3 is 0 Å². The standard InChI is InChI=1S/C20H30N2O2/c1-23-19-10-6-9-18(20(19)24-2)16-22-13-11-21(12-14-22)15-17-7-4-3-5-8-17/h3-4,6,9-10,17H,5,7-8,11-16H2,1-2H3/p+2/t17-/m1/s1. The molecule has 3 rings (SSSR count). The summed E-state index contributed by atoms with van der Waals surface area (Å²) in [6.07, 6.45) is 8.68. The third-order valence-corrected chi connectivity index (χ3v) is 5.54. The van der Waals surface area contributed by atoms with Crippen molar-refractivity contribution in [3.63, 3.8) is 0 Å². The van der Waals surface area contributed by atoms with E-state index in [1.54, 1.807) is 24.0 Å². The van der Waals surface area contributed by atoms with Gasteiger partial charge in [0.25, 0.3) is 0 Å². The Morgan fingerprint density at radius 2 is 1.79 bits per heavy atom. The average Bonchev–Trinajstić information content (AvgIpc) is 2.64. The monoisotopic (exact) mass is 332 g/mol. The normalized spacial score (nSPS) is 27.0. The lowest BCUT2D eigenvalue weighted by Crippen LogP contribution is -3.27. The number of methoxy groups -OCH3 is 2. The van der Waals surface area contributed by atoms with E-state index in [4.69, 9.17) is 9.47 Å². The number of nitrogens with one attached hydrogen (secondary N) is 2. The number of para-hydroxylation sites is 1. The molecular formula is C20H32N2O2+2. The number of rotatable bonds is 6. The minimum absolute atomic E-state index is 0.837. The first-order chi connectivity index (χ1) is 11.8. The van der Waals surface area contributed by atoms with Gasteiger partial charge in [0.1, 0.15) is 32.7 Å². The molecular weight excluding hydrogens is 300 g/mol. The Bertz CT molecular complexity index is 551. The van der Waals surface area contributed by atoms with Crippen molar-refractivity contribution in [2.24, 2.45) is 5.92 Å². The van der Waals surface area contributed by atoms with Gasteiger partial charge in [0.05, 0.1) is 26.3 Å². The topological polar surface area (TPSA) is 27.3 Å². The van der Waals surface area contributed by atoms with Crippen molar-refractivity contribution in [3.05, 3.63) is 35.9 Å². The quantitative estimate of drug-likeness (QED) is 0.736. The van der Waals surface area contributed by atoms with Crippen molar-refractivity contribution in [1.29, 1.82) is 0 Å². The molecule has 1 aromatic carbocycles. The van der Waals surface area contributed by atoms with Crippen LogP contribution in [0.15, 0.2) is 30.4 Å². The fourth-order valence-electron chi connectivity index (χ4n) is 4.15. The summed E-state index contributed by atoms with van der Waals surface area (Å²) in [5, 5.41) is 0. The van der Waals surface area contributed by atoms with Crippen LogP contribution in [0.4, 0.5) is 0 Å². The van der Waals surface area contributed by atoms with Crippen LogP contribution in [0.2, 0.25) is 0 Å². The molecule has 1 aliphatic carbocycles. The summed E-state index contributed by atoms with van der Waals surface area (Å²) in [5.41, 5.74) is 1.26. The summed E-state index contributed by atoms with van der Waals surface area (Å²) in [6.45, 7) is 7.47. The van der Waals surface area contributed by atoms with Crippen molar-refractivity contribution in [3.8, 4) is 11.5 Å². The Morgan fingerprint density at radius 1 is 1.00 bits per heavy atom. The molecule has 1 heterocycles. The van der Waals surface area contributed by atoms with Gasteiger partial charge in [0, 0.05) is 5.92 Å². The van der Waals surface area contributed by atoms with Crippen LogP contribution in [0.25, 0.3) is 0 Å². The van der Waals surface area contributed by atoms with Crippen LogP contribution in [0.3, 0.4) is 0 Å². The maximum absolute atomic E-state index is 5.58. The number of quaternary nitrogens is 2. The van der Waals surface area contributed by atoms with Crippen LogP contribution < -0.4 is 19.3 Å². The van der Waals surface area contributed by atoms with Crippen LogP contribution in [0, 0.1) is 5.92 Å². The molecule has 2 N–H and O–H groups in total. The molecule has 0 saturated carbocycles. The summed E-state index contributed by atoms with van der Waals surface area (Å²) in [7, 11) is 3.44. The smallest absolute Gasteiger partial charge is 0.169 e.